The van der Waals surface area contributed by atoms with Crippen LogP contribution in [0.4, 0.5) is 11.6 Å². The van der Waals surface area contributed by atoms with Crippen LogP contribution in [-0.2, 0) is 0 Å². The Bertz CT molecular complexity index is 385. The van der Waals surface area contributed by atoms with Crippen molar-refractivity contribution in [2.75, 3.05) is 43.9 Å². The van der Waals surface area contributed by atoms with E-state index in [1.807, 2.05) is 6.20 Å². The highest BCUT2D eigenvalue weighted by atomic mass is 15.2. The molecule has 1 aromatic heterocycles. The molecule has 1 aliphatic heterocycles. The number of piperidine rings is 1. The Kier molecular flexibility index (Phi) is 4.96. The van der Waals surface area contributed by atoms with E-state index in [1.165, 1.54) is 12.8 Å². The molecule has 2 rings (SSSR count). The number of rotatable bonds is 5. The average Bonchev–Trinajstić information content (AvgIpc) is 2.45. The summed E-state index contributed by atoms with van der Waals surface area (Å²) in [5.74, 6) is 1.88. The Hall–Kier alpha value is -1.36. The van der Waals surface area contributed by atoms with E-state index in [0.29, 0.717) is 6.04 Å². The molecule has 1 fully saturated rings. The average molecular weight is 263 g/mol. The molecular formula is C14H25N5. The molecule has 1 saturated heterocycles. The van der Waals surface area contributed by atoms with E-state index in [0.717, 1.165) is 37.7 Å². The van der Waals surface area contributed by atoms with E-state index in [-0.39, 0.29) is 0 Å². The maximum atomic E-state index is 4.64. The fourth-order valence-electron chi connectivity index (χ4n) is 2.46. The van der Waals surface area contributed by atoms with E-state index in [9.17, 15) is 0 Å². The minimum atomic E-state index is 0.700. The van der Waals surface area contributed by atoms with Crippen molar-refractivity contribution < 1.29 is 0 Å². The predicted molar refractivity (Wildman–Crippen MR) is 79.7 cm³/mol. The number of hydrogen-bond acceptors (Lipinski definition) is 5. The van der Waals surface area contributed by atoms with Gasteiger partial charge in [0.1, 0.15) is 11.6 Å². The lowest BCUT2D eigenvalue weighted by Crippen LogP contribution is -2.42. The third-order valence-electron chi connectivity index (χ3n) is 3.70. The first kappa shape index (κ1) is 14.1. The van der Waals surface area contributed by atoms with Crippen LogP contribution in [0.5, 0.6) is 0 Å². The summed E-state index contributed by atoms with van der Waals surface area (Å²) in [6.45, 7) is 5.22. The second kappa shape index (κ2) is 6.70. The van der Waals surface area contributed by atoms with Crippen LogP contribution >= 0.6 is 0 Å². The maximum Gasteiger partial charge on any atom is 0.149 e. The topological polar surface area (TPSA) is 44.3 Å². The summed E-state index contributed by atoms with van der Waals surface area (Å²) in [6, 6.07) is 0.700. The van der Waals surface area contributed by atoms with Crippen LogP contribution in [0.1, 0.15) is 26.2 Å². The molecule has 106 valence electrons. The monoisotopic (exact) mass is 263 g/mol. The Labute approximate surface area is 116 Å². The molecule has 0 radical (unpaired) electrons. The Balaban J connectivity index is 1.95. The van der Waals surface area contributed by atoms with Crippen molar-refractivity contribution in [2.24, 2.45) is 0 Å². The molecule has 1 aromatic rings. The van der Waals surface area contributed by atoms with Crippen molar-refractivity contribution in [1.29, 1.82) is 0 Å². The summed E-state index contributed by atoms with van der Waals surface area (Å²) in [7, 11) is 4.32. The summed E-state index contributed by atoms with van der Waals surface area (Å²) < 4.78 is 0. The lowest BCUT2D eigenvalue weighted by Gasteiger charge is -2.35. The Morgan fingerprint density at radius 3 is 2.68 bits per heavy atom. The molecule has 1 aliphatic rings. The van der Waals surface area contributed by atoms with E-state index in [2.05, 4.69) is 46.1 Å². The quantitative estimate of drug-likeness (QED) is 0.878. The van der Waals surface area contributed by atoms with E-state index >= 15 is 0 Å². The lowest BCUT2D eigenvalue weighted by atomic mass is 10.0. The third kappa shape index (κ3) is 3.80. The molecule has 1 N–H and O–H groups in total. The number of anilines is 2. The van der Waals surface area contributed by atoms with Gasteiger partial charge in [-0.2, -0.15) is 0 Å². The molecular weight excluding hydrogens is 238 g/mol. The molecule has 5 heteroatoms. The molecule has 0 aromatic carbocycles. The smallest absolute Gasteiger partial charge is 0.149 e. The summed E-state index contributed by atoms with van der Waals surface area (Å²) in [5.41, 5.74) is 0. The van der Waals surface area contributed by atoms with Gasteiger partial charge in [-0.05, 0) is 33.4 Å². The van der Waals surface area contributed by atoms with Gasteiger partial charge in [0.15, 0.2) is 0 Å². The van der Waals surface area contributed by atoms with Gasteiger partial charge < -0.3 is 15.1 Å². The fraction of sp³-hybridized carbons (Fsp3) is 0.714. The van der Waals surface area contributed by atoms with Crippen LogP contribution in [-0.4, -0.2) is 54.6 Å². The molecule has 0 aliphatic carbocycles. The molecule has 0 bridgehead atoms. The van der Waals surface area contributed by atoms with Crippen molar-refractivity contribution in [3.63, 3.8) is 0 Å². The standard InChI is InChI=1S/C14H25N5/c1-4-7-16-13-10-15-11-14(17-13)19-8-5-12(6-9-19)18(2)3/h10-12H,4-9H2,1-3H3,(H,16,17). The summed E-state index contributed by atoms with van der Waals surface area (Å²) in [5, 5.41) is 3.29. The predicted octanol–water partition coefficient (Wildman–Crippen LogP) is 1.83. The van der Waals surface area contributed by atoms with Gasteiger partial charge in [0.05, 0.1) is 12.4 Å². The van der Waals surface area contributed by atoms with E-state index < -0.39 is 0 Å². The number of nitrogens with one attached hydrogen (secondary N) is 1. The first-order chi connectivity index (χ1) is 9.20. The molecule has 5 nitrogen and oxygen atoms in total. The number of aromatic nitrogens is 2. The SMILES string of the molecule is CCCNc1cncc(N2CCC(N(C)C)CC2)n1. The normalized spacial score (nSPS) is 16.9. The molecule has 0 unspecified atom stereocenters. The highest BCUT2D eigenvalue weighted by Crippen LogP contribution is 2.20. The van der Waals surface area contributed by atoms with Crippen molar-refractivity contribution >= 4 is 11.6 Å². The van der Waals surface area contributed by atoms with E-state index in [4.69, 9.17) is 0 Å². The zero-order valence-electron chi connectivity index (χ0n) is 12.3. The molecule has 2 heterocycles. The van der Waals surface area contributed by atoms with Gasteiger partial charge in [-0.25, -0.2) is 4.98 Å². The first-order valence-corrected chi connectivity index (χ1v) is 7.18. The zero-order valence-corrected chi connectivity index (χ0v) is 12.3. The summed E-state index contributed by atoms with van der Waals surface area (Å²) in [6.07, 6.45) is 7.15. The van der Waals surface area contributed by atoms with Crippen LogP contribution in [0.15, 0.2) is 12.4 Å². The van der Waals surface area contributed by atoms with Crippen molar-refractivity contribution in [2.45, 2.75) is 32.2 Å². The minimum absolute atomic E-state index is 0.700. The molecule has 0 spiro atoms. The minimum Gasteiger partial charge on any atom is -0.369 e. The van der Waals surface area contributed by atoms with Gasteiger partial charge in [0.25, 0.3) is 0 Å². The summed E-state index contributed by atoms with van der Waals surface area (Å²) in [4.78, 5) is 13.6. The van der Waals surface area contributed by atoms with Gasteiger partial charge in [-0.1, -0.05) is 6.92 Å². The van der Waals surface area contributed by atoms with Crippen LogP contribution < -0.4 is 10.2 Å². The second-order valence-corrected chi connectivity index (χ2v) is 5.37. The van der Waals surface area contributed by atoms with Crippen LogP contribution in [0.25, 0.3) is 0 Å². The van der Waals surface area contributed by atoms with E-state index in [1.54, 1.807) is 6.20 Å². The van der Waals surface area contributed by atoms with Crippen LogP contribution in [0, 0.1) is 0 Å². The third-order valence-corrected chi connectivity index (χ3v) is 3.70. The Morgan fingerprint density at radius 1 is 1.32 bits per heavy atom. The maximum absolute atomic E-state index is 4.64. The molecule has 0 atom stereocenters. The van der Waals surface area contributed by atoms with Crippen molar-refractivity contribution in [3.05, 3.63) is 12.4 Å². The zero-order chi connectivity index (χ0) is 13.7. The summed E-state index contributed by atoms with van der Waals surface area (Å²) >= 11 is 0. The molecule has 0 amide bonds. The molecule has 0 saturated carbocycles. The van der Waals surface area contributed by atoms with Crippen molar-refractivity contribution in [3.8, 4) is 0 Å². The second-order valence-electron chi connectivity index (χ2n) is 5.37. The van der Waals surface area contributed by atoms with Gasteiger partial charge in [-0.15, -0.1) is 0 Å². The largest absolute Gasteiger partial charge is 0.369 e. The highest BCUT2D eigenvalue weighted by molar-refractivity contribution is 5.44. The van der Waals surface area contributed by atoms with Gasteiger partial charge in [0, 0.05) is 25.7 Å². The highest BCUT2D eigenvalue weighted by Gasteiger charge is 2.21. The fourth-order valence-corrected chi connectivity index (χ4v) is 2.46. The van der Waals surface area contributed by atoms with Crippen molar-refractivity contribution in [1.82, 2.24) is 14.9 Å². The van der Waals surface area contributed by atoms with Crippen LogP contribution in [0.2, 0.25) is 0 Å². The number of hydrogen-bond donors (Lipinski definition) is 1. The first-order valence-electron chi connectivity index (χ1n) is 7.18. The van der Waals surface area contributed by atoms with Gasteiger partial charge in [-0.3, -0.25) is 4.98 Å². The van der Waals surface area contributed by atoms with Crippen LogP contribution in [0.3, 0.4) is 0 Å². The van der Waals surface area contributed by atoms with Gasteiger partial charge >= 0.3 is 0 Å². The van der Waals surface area contributed by atoms with Gasteiger partial charge in [0.2, 0.25) is 0 Å². The lowest BCUT2D eigenvalue weighted by molar-refractivity contribution is 0.249. The number of nitrogens with zero attached hydrogens (tertiary/aromatic N) is 4. The molecule has 19 heavy (non-hydrogen) atoms. The Morgan fingerprint density at radius 2 is 2.05 bits per heavy atom.